The largest absolute Gasteiger partial charge is 0.387 e. The monoisotopic (exact) mass is 355 g/mol. The van der Waals surface area contributed by atoms with Crippen LogP contribution in [0, 0.1) is 11.7 Å². The Morgan fingerprint density at radius 1 is 1.12 bits per heavy atom. The van der Waals surface area contributed by atoms with Crippen LogP contribution in [0.2, 0.25) is 0 Å². The van der Waals surface area contributed by atoms with Crippen LogP contribution in [0.25, 0.3) is 0 Å². The van der Waals surface area contributed by atoms with E-state index in [0.717, 1.165) is 18.4 Å². The molecule has 3 rings (SSSR count). The second-order valence-electron chi connectivity index (χ2n) is 7.30. The average Bonchev–Trinajstić information content (AvgIpc) is 3.13. The molecule has 2 aromatic carbocycles. The summed E-state index contributed by atoms with van der Waals surface area (Å²) in [5.74, 6) is -0.634. The zero-order valence-electron chi connectivity index (χ0n) is 15.3. The summed E-state index contributed by atoms with van der Waals surface area (Å²) in [6.45, 7) is 4.22. The fourth-order valence-electron chi connectivity index (χ4n) is 3.53. The number of benzene rings is 2. The Bertz CT molecular complexity index is 772. The van der Waals surface area contributed by atoms with Crippen LogP contribution in [0.5, 0.6) is 0 Å². The highest BCUT2D eigenvalue weighted by Gasteiger charge is 2.21. The molecule has 3 nitrogen and oxygen atoms in total. The number of carbonyl (C=O) groups excluding carboxylic acids is 1. The van der Waals surface area contributed by atoms with Crippen molar-refractivity contribution in [3.63, 3.8) is 0 Å². The van der Waals surface area contributed by atoms with E-state index in [0.29, 0.717) is 12.1 Å². The van der Waals surface area contributed by atoms with Gasteiger partial charge in [-0.25, -0.2) is 4.39 Å². The Labute approximate surface area is 154 Å². The molecule has 3 atom stereocenters. The van der Waals surface area contributed by atoms with Gasteiger partial charge in [0.1, 0.15) is 5.82 Å². The Hall–Kier alpha value is -2.04. The molecule has 0 saturated heterocycles. The maximum absolute atomic E-state index is 13.0. The molecular formula is C22H26FNO2. The fourth-order valence-corrected chi connectivity index (χ4v) is 3.53. The normalized spacial score (nSPS) is 16.8. The minimum absolute atomic E-state index is 0.0308. The van der Waals surface area contributed by atoms with Gasteiger partial charge in [0.2, 0.25) is 0 Å². The molecule has 0 amide bonds. The number of carbonyl (C=O) groups is 1. The van der Waals surface area contributed by atoms with E-state index < -0.39 is 6.10 Å². The summed E-state index contributed by atoms with van der Waals surface area (Å²) in [4.78, 5) is 12.4. The van der Waals surface area contributed by atoms with E-state index in [4.69, 9.17) is 0 Å². The van der Waals surface area contributed by atoms with Crippen LogP contribution in [0.4, 0.5) is 4.39 Å². The minimum Gasteiger partial charge on any atom is -0.387 e. The Morgan fingerprint density at radius 2 is 1.81 bits per heavy atom. The van der Waals surface area contributed by atoms with Crippen molar-refractivity contribution >= 4 is 5.78 Å². The van der Waals surface area contributed by atoms with Crippen molar-refractivity contribution in [2.45, 2.75) is 45.3 Å². The molecule has 0 fully saturated rings. The summed E-state index contributed by atoms with van der Waals surface area (Å²) < 4.78 is 13.0. The molecule has 1 aliphatic carbocycles. The molecule has 2 N–H and O–H groups in total. The van der Waals surface area contributed by atoms with Gasteiger partial charge in [0.05, 0.1) is 6.10 Å². The van der Waals surface area contributed by atoms with Gasteiger partial charge < -0.3 is 10.4 Å². The molecule has 2 aromatic rings. The molecule has 3 unspecified atom stereocenters. The Morgan fingerprint density at radius 3 is 2.54 bits per heavy atom. The number of aliphatic hydroxyl groups excluding tert-OH is 1. The first-order valence-corrected chi connectivity index (χ1v) is 9.28. The maximum Gasteiger partial charge on any atom is 0.166 e. The van der Waals surface area contributed by atoms with Crippen molar-refractivity contribution < 1.29 is 14.3 Å². The van der Waals surface area contributed by atoms with E-state index in [-0.39, 0.29) is 23.6 Å². The first-order chi connectivity index (χ1) is 12.5. The van der Waals surface area contributed by atoms with Gasteiger partial charge >= 0.3 is 0 Å². The molecule has 0 bridgehead atoms. The Balaban J connectivity index is 1.56. The molecule has 1 aliphatic rings. The van der Waals surface area contributed by atoms with Crippen molar-refractivity contribution in [1.82, 2.24) is 5.32 Å². The number of rotatable bonds is 7. The third-order valence-corrected chi connectivity index (χ3v) is 5.26. The quantitative estimate of drug-likeness (QED) is 0.742. The van der Waals surface area contributed by atoms with Gasteiger partial charge in [-0.15, -0.1) is 0 Å². The topological polar surface area (TPSA) is 49.3 Å². The highest BCUT2D eigenvalue weighted by Crippen LogP contribution is 2.26. The van der Waals surface area contributed by atoms with E-state index in [9.17, 15) is 14.3 Å². The third kappa shape index (κ3) is 4.19. The van der Waals surface area contributed by atoms with E-state index in [1.54, 1.807) is 0 Å². The van der Waals surface area contributed by atoms with Crippen molar-refractivity contribution in [3.05, 3.63) is 70.5 Å². The lowest BCUT2D eigenvalue weighted by atomic mass is 9.97. The van der Waals surface area contributed by atoms with Crippen molar-refractivity contribution in [3.8, 4) is 0 Å². The zero-order chi connectivity index (χ0) is 18.7. The number of fused-ring (bicyclic) bond motifs is 1. The van der Waals surface area contributed by atoms with E-state index in [1.165, 1.54) is 41.8 Å². The minimum atomic E-state index is -0.617. The van der Waals surface area contributed by atoms with Gasteiger partial charge in [0.25, 0.3) is 0 Å². The van der Waals surface area contributed by atoms with Gasteiger partial charge in [-0.1, -0.05) is 25.1 Å². The summed E-state index contributed by atoms with van der Waals surface area (Å²) in [5.41, 5.74) is 4.16. The molecule has 0 heterocycles. The summed E-state index contributed by atoms with van der Waals surface area (Å²) in [6, 6.07) is 11.7. The van der Waals surface area contributed by atoms with Gasteiger partial charge in [-0.2, -0.15) is 0 Å². The van der Waals surface area contributed by atoms with E-state index in [1.807, 2.05) is 19.9 Å². The second-order valence-corrected chi connectivity index (χ2v) is 7.30. The number of nitrogens with one attached hydrogen (secondary N) is 1. The predicted octanol–water partition coefficient (Wildman–Crippen LogP) is 3.84. The first-order valence-electron chi connectivity index (χ1n) is 9.28. The molecular weight excluding hydrogens is 329 g/mol. The molecule has 26 heavy (non-hydrogen) atoms. The average molecular weight is 355 g/mol. The van der Waals surface area contributed by atoms with Gasteiger partial charge in [0.15, 0.2) is 5.78 Å². The molecule has 0 spiro atoms. The SMILES string of the molecule is CC(CNC(C)C(O)c1ccc2c(c1)CCC2)C(=O)c1ccc(F)cc1. The highest BCUT2D eigenvalue weighted by atomic mass is 19.1. The van der Waals surface area contributed by atoms with Crippen LogP contribution >= 0.6 is 0 Å². The van der Waals surface area contributed by atoms with E-state index in [2.05, 4.69) is 17.4 Å². The lowest BCUT2D eigenvalue weighted by molar-refractivity contribution is 0.0912. The molecule has 0 aromatic heterocycles. The lowest BCUT2D eigenvalue weighted by Gasteiger charge is -2.23. The number of ketones is 1. The lowest BCUT2D eigenvalue weighted by Crippen LogP contribution is -2.37. The molecule has 0 saturated carbocycles. The molecule has 138 valence electrons. The number of hydrogen-bond acceptors (Lipinski definition) is 3. The smallest absolute Gasteiger partial charge is 0.166 e. The standard InChI is InChI=1S/C22H26FNO2/c1-14(21(25)17-8-10-20(23)11-9-17)13-24-15(2)22(26)19-7-6-16-4-3-5-18(16)12-19/h6-12,14-15,22,24,26H,3-5,13H2,1-2H3. The van der Waals surface area contributed by atoms with E-state index >= 15 is 0 Å². The highest BCUT2D eigenvalue weighted by molar-refractivity contribution is 5.97. The summed E-state index contributed by atoms with van der Waals surface area (Å²) in [5, 5.41) is 13.9. The van der Waals surface area contributed by atoms with Crippen LogP contribution in [0.1, 0.15) is 53.4 Å². The van der Waals surface area contributed by atoms with Gasteiger partial charge in [-0.05, 0) is 67.1 Å². The van der Waals surface area contributed by atoms with Crippen LogP contribution in [0.15, 0.2) is 42.5 Å². The van der Waals surface area contributed by atoms with Crippen LogP contribution in [0.3, 0.4) is 0 Å². The van der Waals surface area contributed by atoms with Crippen molar-refractivity contribution in [1.29, 1.82) is 0 Å². The summed E-state index contributed by atoms with van der Waals surface area (Å²) in [6.07, 6.45) is 2.78. The van der Waals surface area contributed by atoms with Crippen LogP contribution < -0.4 is 5.32 Å². The van der Waals surface area contributed by atoms with Crippen molar-refractivity contribution in [2.24, 2.45) is 5.92 Å². The third-order valence-electron chi connectivity index (χ3n) is 5.26. The van der Waals surface area contributed by atoms with Gasteiger partial charge in [0, 0.05) is 24.1 Å². The predicted molar refractivity (Wildman–Crippen MR) is 101 cm³/mol. The molecule has 4 heteroatoms. The number of halogens is 1. The van der Waals surface area contributed by atoms with Crippen molar-refractivity contribution in [2.75, 3.05) is 6.54 Å². The first kappa shape index (κ1) is 18.7. The zero-order valence-corrected chi connectivity index (χ0v) is 15.3. The van der Waals surface area contributed by atoms with Crippen LogP contribution in [-0.4, -0.2) is 23.5 Å². The van der Waals surface area contributed by atoms with Crippen LogP contribution in [-0.2, 0) is 12.8 Å². The maximum atomic E-state index is 13.0. The number of hydrogen-bond donors (Lipinski definition) is 2. The molecule has 0 aliphatic heterocycles. The number of Topliss-reactive ketones (excluding diaryl/α,β-unsaturated/α-hetero) is 1. The Kier molecular flexibility index (Phi) is 5.84. The van der Waals surface area contributed by atoms with Gasteiger partial charge in [-0.3, -0.25) is 4.79 Å². The summed E-state index contributed by atoms with van der Waals surface area (Å²) in [7, 11) is 0. The molecule has 0 radical (unpaired) electrons. The summed E-state index contributed by atoms with van der Waals surface area (Å²) >= 11 is 0. The number of aryl methyl sites for hydroxylation is 2. The second kappa shape index (κ2) is 8.11. The number of aliphatic hydroxyl groups is 1. The fraction of sp³-hybridized carbons (Fsp3) is 0.409.